The van der Waals surface area contributed by atoms with Crippen LogP contribution in [0.4, 0.5) is 0 Å². The van der Waals surface area contributed by atoms with E-state index in [0.717, 1.165) is 45.2 Å². The van der Waals surface area contributed by atoms with E-state index in [4.69, 9.17) is 11.6 Å². The molecule has 132 valence electrons. The summed E-state index contributed by atoms with van der Waals surface area (Å²) in [4.78, 5) is 14.9. The molecule has 1 atom stereocenters. The van der Waals surface area contributed by atoms with E-state index in [2.05, 4.69) is 0 Å². The second kappa shape index (κ2) is 7.42. The third-order valence-corrected chi connectivity index (χ3v) is 7.00. The molecule has 0 unspecified atom stereocenters. The maximum absolute atomic E-state index is 13.0. The summed E-state index contributed by atoms with van der Waals surface area (Å²) in [5, 5.41) is 0.494. The standard InChI is InChI=1S/C17H23ClN2O3S/c18-14-7-9-15(10-8-14)24(22,23)20-13-5-2-6-16(20)17(21)19-11-3-1-4-12-19/h7-10,16H,1-6,11-13H2/t16-/m1/s1. The van der Waals surface area contributed by atoms with Gasteiger partial charge in [0, 0.05) is 24.7 Å². The number of likely N-dealkylation sites (tertiary alicyclic amines) is 1. The minimum atomic E-state index is -3.68. The molecule has 0 saturated carbocycles. The van der Waals surface area contributed by atoms with Crippen molar-refractivity contribution in [2.75, 3.05) is 19.6 Å². The fourth-order valence-corrected chi connectivity index (χ4v) is 5.28. The van der Waals surface area contributed by atoms with Gasteiger partial charge in [0.25, 0.3) is 0 Å². The topological polar surface area (TPSA) is 57.7 Å². The summed E-state index contributed by atoms with van der Waals surface area (Å²) >= 11 is 5.86. The molecule has 2 fully saturated rings. The molecule has 2 heterocycles. The molecule has 0 spiro atoms. The summed E-state index contributed by atoms with van der Waals surface area (Å²) in [6.07, 6.45) is 5.42. The molecule has 0 aromatic heterocycles. The van der Waals surface area contributed by atoms with Crippen molar-refractivity contribution in [1.82, 2.24) is 9.21 Å². The monoisotopic (exact) mass is 370 g/mol. The van der Waals surface area contributed by atoms with E-state index in [0.29, 0.717) is 18.0 Å². The largest absolute Gasteiger partial charge is 0.341 e. The number of rotatable bonds is 3. The number of hydrogen-bond donors (Lipinski definition) is 0. The quantitative estimate of drug-likeness (QED) is 0.822. The second-order valence-electron chi connectivity index (χ2n) is 6.47. The van der Waals surface area contributed by atoms with Gasteiger partial charge in [-0.2, -0.15) is 4.31 Å². The van der Waals surface area contributed by atoms with Gasteiger partial charge in [-0.1, -0.05) is 18.0 Å². The molecular formula is C17H23ClN2O3S. The zero-order valence-electron chi connectivity index (χ0n) is 13.7. The van der Waals surface area contributed by atoms with Crippen molar-refractivity contribution < 1.29 is 13.2 Å². The molecule has 0 aliphatic carbocycles. The van der Waals surface area contributed by atoms with Crippen molar-refractivity contribution in [2.45, 2.75) is 49.5 Å². The van der Waals surface area contributed by atoms with Gasteiger partial charge < -0.3 is 4.90 Å². The highest BCUT2D eigenvalue weighted by Gasteiger charge is 2.39. The molecule has 1 amide bonds. The number of hydrogen-bond acceptors (Lipinski definition) is 3. The van der Waals surface area contributed by atoms with Crippen molar-refractivity contribution in [2.24, 2.45) is 0 Å². The number of carbonyl (C=O) groups excluding carboxylic acids is 1. The highest BCUT2D eigenvalue weighted by molar-refractivity contribution is 7.89. The third kappa shape index (κ3) is 3.60. The average molecular weight is 371 g/mol. The number of piperidine rings is 2. The van der Waals surface area contributed by atoms with E-state index < -0.39 is 16.1 Å². The Hall–Kier alpha value is -1.11. The predicted molar refractivity (Wildman–Crippen MR) is 93.4 cm³/mol. The molecule has 3 rings (SSSR count). The highest BCUT2D eigenvalue weighted by Crippen LogP contribution is 2.28. The fourth-order valence-electron chi connectivity index (χ4n) is 3.51. The van der Waals surface area contributed by atoms with Crippen LogP contribution in [-0.2, 0) is 14.8 Å². The number of benzene rings is 1. The molecule has 0 bridgehead atoms. The summed E-state index contributed by atoms with van der Waals surface area (Å²) in [5.74, 6) is -0.0352. The third-order valence-electron chi connectivity index (χ3n) is 4.83. The first-order chi connectivity index (χ1) is 11.5. The smallest absolute Gasteiger partial charge is 0.243 e. The van der Waals surface area contributed by atoms with Crippen LogP contribution in [0.2, 0.25) is 5.02 Å². The Morgan fingerprint density at radius 2 is 1.58 bits per heavy atom. The van der Waals surface area contributed by atoms with Crippen LogP contribution in [0.3, 0.4) is 0 Å². The van der Waals surface area contributed by atoms with Crippen molar-refractivity contribution >= 4 is 27.5 Å². The molecule has 1 aromatic carbocycles. The zero-order chi connectivity index (χ0) is 17.2. The Bertz CT molecular complexity index is 684. The lowest BCUT2D eigenvalue weighted by Crippen LogP contribution is -2.53. The van der Waals surface area contributed by atoms with Gasteiger partial charge >= 0.3 is 0 Å². The van der Waals surface area contributed by atoms with E-state index in [1.165, 1.54) is 16.4 Å². The molecule has 24 heavy (non-hydrogen) atoms. The van der Waals surface area contributed by atoms with Gasteiger partial charge in [0.15, 0.2) is 0 Å². The Labute approximate surface area is 148 Å². The molecule has 2 aliphatic rings. The molecule has 2 saturated heterocycles. The van der Waals surface area contributed by atoms with Gasteiger partial charge in [0.2, 0.25) is 15.9 Å². The first-order valence-electron chi connectivity index (χ1n) is 8.56. The summed E-state index contributed by atoms with van der Waals surface area (Å²) < 4.78 is 27.4. The lowest BCUT2D eigenvalue weighted by Gasteiger charge is -2.38. The molecule has 5 nitrogen and oxygen atoms in total. The Kier molecular flexibility index (Phi) is 5.47. The maximum atomic E-state index is 13.0. The van der Waals surface area contributed by atoms with E-state index in [1.54, 1.807) is 12.1 Å². The van der Waals surface area contributed by atoms with Crippen LogP contribution in [0, 0.1) is 0 Å². The van der Waals surface area contributed by atoms with Crippen LogP contribution in [0.15, 0.2) is 29.2 Å². The molecular weight excluding hydrogens is 348 g/mol. The van der Waals surface area contributed by atoms with Crippen molar-refractivity contribution in [1.29, 1.82) is 0 Å². The lowest BCUT2D eigenvalue weighted by atomic mass is 10.0. The Morgan fingerprint density at radius 3 is 2.25 bits per heavy atom. The van der Waals surface area contributed by atoms with Crippen molar-refractivity contribution in [3.63, 3.8) is 0 Å². The number of nitrogens with zero attached hydrogens (tertiary/aromatic N) is 2. The maximum Gasteiger partial charge on any atom is 0.243 e. The summed E-state index contributed by atoms with van der Waals surface area (Å²) in [5.41, 5.74) is 0. The highest BCUT2D eigenvalue weighted by atomic mass is 35.5. The second-order valence-corrected chi connectivity index (χ2v) is 8.79. The van der Waals surface area contributed by atoms with Crippen LogP contribution < -0.4 is 0 Å². The minimum Gasteiger partial charge on any atom is -0.341 e. The summed E-state index contributed by atoms with van der Waals surface area (Å²) in [6.45, 7) is 1.88. The summed E-state index contributed by atoms with van der Waals surface area (Å²) in [6, 6.07) is 5.58. The SMILES string of the molecule is O=C([C@H]1CCCCN1S(=O)(=O)c1ccc(Cl)cc1)N1CCCCC1. The predicted octanol–water partition coefficient (Wildman–Crippen LogP) is 2.90. The zero-order valence-corrected chi connectivity index (χ0v) is 15.2. The van der Waals surface area contributed by atoms with Gasteiger partial charge in [-0.15, -0.1) is 0 Å². The van der Waals surface area contributed by atoms with Gasteiger partial charge in [-0.05, 0) is 56.4 Å². The Morgan fingerprint density at radius 1 is 0.958 bits per heavy atom. The number of carbonyl (C=O) groups is 1. The van der Waals surface area contributed by atoms with Gasteiger partial charge in [-0.3, -0.25) is 4.79 Å². The number of amides is 1. The normalized spacial score (nSPS) is 23.2. The van der Waals surface area contributed by atoms with Crippen LogP contribution in [-0.4, -0.2) is 49.2 Å². The van der Waals surface area contributed by atoms with Gasteiger partial charge in [0.05, 0.1) is 4.90 Å². The lowest BCUT2D eigenvalue weighted by molar-refractivity contribution is -0.137. The van der Waals surface area contributed by atoms with Crippen LogP contribution in [0.25, 0.3) is 0 Å². The van der Waals surface area contributed by atoms with E-state index in [9.17, 15) is 13.2 Å². The Balaban J connectivity index is 1.85. The summed E-state index contributed by atoms with van der Waals surface area (Å²) in [7, 11) is -3.68. The van der Waals surface area contributed by atoms with Crippen LogP contribution in [0.5, 0.6) is 0 Å². The van der Waals surface area contributed by atoms with Crippen LogP contribution >= 0.6 is 11.6 Å². The first-order valence-corrected chi connectivity index (χ1v) is 10.4. The van der Waals surface area contributed by atoms with Gasteiger partial charge in [-0.25, -0.2) is 8.42 Å². The molecule has 0 radical (unpaired) electrons. The fraction of sp³-hybridized carbons (Fsp3) is 0.588. The minimum absolute atomic E-state index is 0.0352. The van der Waals surface area contributed by atoms with E-state index >= 15 is 0 Å². The number of sulfonamides is 1. The van der Waals surface area contributed by atoms with Gasteiger partial charge in [0.1, 0.15) is 6.04 Å². The number of halogens is 1. The van der Waals surface area contributed by atoms with Crippen LogP contribution in [0.1, 0.15) is 38.5 Å². The van der Waals surface area contributed by atoms with E-state index in [1.807, 2.05) is 4.90 Å². The molecule has 2 aliphatic heterocycles. The average Bonchev–Trinajstić information content (AvgIpc) is 2.62. The molecule has 1 aromatic rings. The first kappa shape index (κ1) is 17.7. The van der Waals surface area contributed by atoms with Crippen molar-refractivity contribution in [3.8, 4) is 0 Å². The van der Waals surface area contributed by atoms with Crippen molar-refractivity contribution in [3.05, 3.63) is 29.3 Å². The molecule has 7 heteroatoms. The molecule has 0 N–H and O–H groups in total. The van der Waals surface area contributed by atoms with E-state index in [-0.39, 0.29) is 10.8 Å².